The summed E-state index contributed by atoms with van der Waals surface area (Å²) in [6.45, 7) is 2.69. The molecule has 0 saturated heterocycles. The van der Waals surface area contributed by atoms with E-state index >= 15 is 0 Å². The summed E-state index contributed by atoms with van der Waals surface area (Å²) in [5.41, 5.74) is 1.65. The normalized spacial score (nSPS) is 11.1. The third kappa shape index (κ3) is 6.62. The highest BCUT2D eigenvalue weighted by atomic mass is 32.2. The van der Waals surface area contributed by atoms with Gasteiger partial charge in [-0.05, 0) is 42.7 Å². The summed E-state index contributed by atoms with van der Waals surface area (Å²) in [6.07, 6.45) is 3.85. The standard InChI is InChI=1S/C18H25N3O3S/c1-3-4-12-25(22,23)21-16-8-9-18(20-14-16)19-11-10-15-6-5-7-17(13-15)24-2/h5-9,13-14,21H,3-4,10-12H2,1-2H3,(H,19,20). The number of pyridine rings is 1. The second-order valence-electron chi connectivity index (χ2n) is 5.73. The molecule has 0 fully saturated rings. The zero-order valence-corrected chi connectivity index (χ0v) is 15.5. The quantitative estimate of drug-likeness (QED) is 0.677. The molecule has 0 atom stereocenters. The number of nitrogens with zero attached hydrogens (tertiary/aromatic N) is 1. The Morgan fingerprint density at radius 2 is 2.04 bits per heavy atom. The fourth-order valence-electron chi connectivity index (χ4n) is 2.29. The molecular formula is C18H25N3O3S. The molecule has 0 saturated carbocycles. The number of aromatic nitrogens is 1. The van der Waals surface area contributed by atoms with Crippen LogP contribution < -0.4 is 14.8 Å². The van der Waals surface area contributed by atoms with Gasteiger partial charge in [0.1, 0.15) is 11.6 Å². The molecule has 0 aliphatic heterocycles. The highest BCUT2D eigenvalue weighted by Crippen LogP contribution is 2.14. The van der Waals surface area contributed by atoms with Crippen molar-refractivity contribution in [2.75, 3.05) is 29.4 Å². The number of benzene rings is 1. The first-order chi connectivity index (χ1) is 12.0. The maximum atomic E-state index is 11.9. The van der Waals surface area contributed by atoms with E-state index in [4.69, 9.17) is 4.74 Å². The van der Waals surface area contributed by atoms with Crippen LogP contribution in [-0.4, -0.2) is 32.8 Å². The smallest absolute Gasteiger partial charge is 0.232 e. The number of rotatable bonds is 10. The minimum atomic E-state index is -3.29. The van der Waals surface area contributed by atoms with Crippen molar-refractivity contribution < 1.29 is 13.2 Å². The highest BCUT2D eigenvalue weighted by Gasteiger charge is 2.09. The lowest BCUT2D eigenvalue weighted by molar-refractivity contribution is 0.414. The molecule has 0 aliphatic rings. The summed E-state index contributed by atoms with van der Waals surface area (Å²) >= 11 is 0. The van der Waals surface area contributed by atoms with Gasteiger partial charge in [-0.2, -0.15) is 0 Å². The molecule has 1 aromatic carbocycles. The lowest BCUT2D eigenvalue weighted by atomic mass is 10.1. The van der Waals surface area contributed by atoms with Gasteiger partial charge in [0, 0.05) is 6.54 Å². The van der Waals surface area contributed by atoms with Crippen LogP contribution in [0.15, 0.2) is 42.6 Å². The van der Waals surface area contributed by atoms with Crippen LogP contribution >= 0.6 is 0 Å². The fraction of sp³-hybridized carbons (Fsp3) is 0.389. The first-order valence-electron chi connectivity index (χ1n) is 8.36. The number of nitrogens with one attached hydrogen (secondary N) is 2. The topological polar surface area (TPSA) is 80.3 Å². The first-order valence-corrected chi connectivity index (χ1v) is 10.0. The molecule has 2 aromatic rings. The van der Waals surface area contributed by atoms with Crippen molar-refractivity contribution in [1.82, 2.24) is 4.98 Å². The van der Waals surface area contributed by atoms with Crippen molar-refractivity contribution in [2.45, 2.75) is 26.2 Å². The molecule has 0 amide bonds. The van der Waals surface area contributed by atoms with Gasteiger partial charge in [-0.3, -0.25) is 4.72 Å². The summed E-state index contributed by atoms with van der Waals surface area (Å²) in [4.78, 5) is 4.25. The van der Waals surface area contributed by atoms with Gasteiger partial charge in [0.05, 0.1) is 24.7 Å². The maximum Gasteiger partial charge on any atom is 0.232 e. The zero-order valence-electron chi connectivity index (χ0n) is 14.7. The predicted molar refractivity (Wildman–Crippen MR) is 102 cm³/mol. The van der Waals surface area contributed by atoms with Gasteiger partial charge in [0.15, 0.2) is 0 Å². The molecule has 0 radical (unpaired) electrons. The van der Waals surface area contributed by atoms with E-state index in [0.29, 0.717) is 17.9 Å². The fourth-order valence-corrected chi connectivity index (χ4v) is 3.54. The molecule has 1 heterocycles. The van der Waals surface area contributed by atoms with Gasteiger partial charge < -0.3 is 10.1 Å². The summed E-state index contributed by atoms with van der Waals surface area (Å²) < 4.78 is 31.5. The van der Waals surface area contributed by atoms with Gasteiger partial charge in [0.2, 0.25) is 10.0 Å². The Hall–Kier alpha value is -2.28. The van der Waals surface area contributed by atoms with E-state index in [2.05, 4.69) is 15.0 Å². The molecular weight excluding hydrogens is 338 g/mol. The molecule has 2 N–H and O–H groups in total. The zero-order chi connectivity index (χ0) is 18.1. The average Bonchev–Trinajstić information content (AvgIpc) is 2.61. The second kappa shape index (κ2) is 9.27. The van der Waals surface area contributed by atoms with E-state index in [1.54, 1.807) is 19.2 Å². The van der Waals surface area contributed by atoms with Crippen LogP contribution in [0.2, 0.25) is 0 Å². The Kier molecular flexibility index (Phi) is 7.06. The molecule has 1 aromatic heterocycles. The van der Waals surface area contributed by atoms with Gasteiger partial charge in [0.25, 0.3) is 0 Å². The van der Waals surface area contributed by atoms with Crippen LogP contribution in [0.5, 0.6) is 5.75 Å². The minimum Gasteiger partial charge on any atom is -0.497 e. The van der Waals surface area contributed by atoms with Crippen molar-refractivity contribution in [1.29, 1.82) is 0 Å². The number of methoxy groups -OCH3 is 1. The van der Waals surface area contributed by atoms with Crippen molar-refractivity contribution >= 4 is 21.5 Å². The Morgan fingerprint density at radius 3 is 2.72 bits per heavy atom. The van der Waals surface area contributed by atoms with Gasteiger partial charge >= 0.3 is 0 Å². The molecule has 25 heavy (non-hydrogen) atoms. The van der Waals surface area contributed by atoms with E-state index in [1.807, 2.05) is 31.2 Å². The number of ether oxygens (including phenoxy) is 1. The lowest BCUT2D eigenvalue weighted by Crippen LogP contribution is -2.16. The maximum absolute atomic E-state index is 11.9. The summed E-state index contributed by atoms with van der Waals surface area (Å²) in [5, 5.41) is 3.23. The molecule has 0 bridgehead atoms. The van der Waals surface area contributed by atoms with Crippen molar-refractivity contribution in [3.05, 3.63) is 48.2 Å². The van der Waals surface area contributed by atoms with Crippen molar-refractivity contribution in [3.8, 4) is 5.75 Å². The van der Waals surface area contributed by atoms with Crippen molar-refractivity contribution in [2.24, 2.45) is 0 Å². The molecule has 6 nitrogen and oxygen atoms in total. The van der Waals surface area contributed by atoms with E-state index in [-0.39, 0.29) is 5.75 Å². The van der Waals surface area contributed by atoms with Gasteiger partial charge in [-0.1, -0.05) is 25.5 Å². The number of hydrogen-bond acceptors (Lipinski definition) is 5. The SMILES string of the molecule is CCCCS(=O)(=O)Nc1ccc(NCCc2cccc(OC)c2)nc1. The molecule has 0 unspecified atom stereocenters. The monoisotopic (exact) mass is 363 g/mol. The Morgan fingerprint density at radius 1 is 1.20 bits per heavy atom. The second-order valence-corrected chi connectivity index (χ2v) is 7.58. The van der Waals surface area contributed by atoms with Crippen LogP contribution in [0.4, 0.5) is 11.5 Å². The van der Waals surface area contributed by atoms with Crippen LogP contribution in [0.25, 0.3) is 0 Å². The number of anilines is 2. The van der Waals surface area contributed by atoms with Crippen molar-refractivity contribution in [3.63, 3.8) is 0 Å². The van der Waals surface area contributed by atoms with Crippen LogP contribution in [0.1, 0.15) is 25.3 Å². The highest BCUT2D eigenvalue weighted by molar-refractivity contribution is 7.92. The minimum absolute atomic E-state index is 0.129. The summed E-state index contributed by atoms with van der Waals surface area (Å²) in [7, 11) is -1.64. The third-order valence-electron chi connectivity index (χ3n) is 3.66. The molecule has 0 aliphatic carbocycles. The van der Waals surface area contributed by atoms with Crippen LogP contribution in [-0.2, 0) is 16.4 Å². The number of hydrogen-bond donors (Lipinski definition) is 2. The van der Waals surface area contributed by atoms with Gasteiger partial charge in [-0.25, -0.2) is 13.4 Å². The van der Waals surface area contributed by atoms with E-state index in [0.717, 1.165) is 25.1 Å². The molecule has 0 spiro atoms. The van der Waals surface area contributed by atoms with Gasteiger partial charge in [-0.15, -0.1) is 0 Å². The molecule has 7 heteroatoms. The largest absolute Gasteiger partial charge is 0.497 e. The van der Waals surface area contributed by atoms with E-state index in [1.165, 1.54) is 11.8 Å². The third-order valence-corrected chi connectivity index (χ3v) is 5.03. The number of sulfonamides is 1. The Balaban J connectivity index is 1.83. The Bertz CT molecular complexity index is 761. The molecule has 2 rings (SSSR count). The van der Waals surface area contributed by atoms with E-state index in [9.17, 15) is 8.42 Å². The van der Waals surface area contributed by atoms with E-state index < -0.39 is 10.0 Å². The predicted octanol–water partition coefficient (Wildman–Crippen LogP) is 3.29. The van der Waals surface area contributed by atoms with Crippen LogP contribution in [0.3, 0.4) is 0 Å². The molecule has 136 valence electrons. The van der Waals surface area contributed by atoms with Crippen LogP contribution in [0, 0.1) is 0 Å². The first kappa shape index (κ1) is 19.1. The summed E-state index contributed by atoms with van der Waals surface area (Å²) in [5.74, 6) is 1.68. The number of unbranched alkanes of at least 4 members (excludes halogenated alkanes) is 1. The lowest BCUT2D eigenvalue weighted by Gasteiger charge is -2.09. The average molecular weight is 363 g/mol. The Labute approximate surface area is 149 Å². The summed E-state index contributed by atoms with van der Waals surface area (Å²) in [6, 6.07) is 11.4.